The number of hydrogen-bond acceptors (Lipinski definition) is 3. The van der Waals surface area contributed by atoms with Crippen molar-refractivity contribution in [1.29, 1.82) is 0 Å². The SMILES string of the molecule is CN(C)C(=O)NCCNCCCN. The largest absolute Gasteiger partial charge is 0.337 e. The average molecular weight is 188 g/mol. The molecular weight excluding hydrogens is 168 g/mol. The zero-order valence-corrected chi connectivity index (χ0v) is 8.47. The Morgan fingerprint density at radius 3 is 2.54 bits per heavy atom. The van der Waals surface area contributed by atoms with Gasteiger partial charge in [0, 0.05) is 27.2 Å². The standard InChI is InChI=1S/C8H20N4O/c1-12(2)8(13)11-7-6-10-5-3-4-9/h10H,3-7,9H2,1-2H3,(H,11,13). The predicted molar refractivity (Wildman–Crippen MR) is 53.6 cm³/mol. The molecule has 13 heavy (non-hydrogen) atoms. The molecule has 78 valence electrons. The number of urea groups is 1. The molecule has 0 aromatic heterocycles. The minimum absolute atomic E-state index is 0.0550. The minimum Gasteiger partial charge on any atom is -0.337 e. The topological polar surface area (TPSA) is 70.4 Å². The van der Waals surface area contributed by atoms with Crippen LogP contribution in [0.25, 0.3) is 0 Å². The van der Waals surface area contributed by atoms with E-state index >= 15 is 0 Å². The van der Waals surface area contributed by atoms with Gasteiger partial charge in [0.05, 0.1) is 0 Å². The van der Waals surface area contributed by atoms with Gasteiger partial charge in [-0.2, -0.15) is 0 Å². The lowest BCUT2D eigenvalue weighted by atomic mass is 10.4. The molecule has 0 aromatic rings. The highest BCUT2D eigenvalue weighted by Gasteiger charge is 1.99. The summed E-state index contributed by atoms with van der Waals surface area (Å²) in [6.45, 7) is 3.06. The Hall–Kier alpha value is -0.810. The quantitative estimate of drug-likeness (QED) is 0.478. The van der Waals surface area contributed by atoms with Gasteiger partial charge >= 0.3 is 6.03 Å². The maximum Gasteiger partial charge on any atom is 0.316 e. The van der Waals surface area contributed by atoms with Crippen molar-refractivity contribution in [2.24, 2.45) is 5.73 Å². The molecule has 0 radical (unpaired) electrons. The van der Waals surface area contributed by atoms with Gasteiger partial charge < -0.3 is 21.3 Å². The van der Waals surface area contributed by atoms with E-state index in [1.807, 2.05) is 0 Å². The lowest BCUT2D eigenvalue weighted by molar-refractivity contribution is 0.217. The molecule has 4 N–H and O–H groups in total. The summed E-state index contributed by atoms with van der Waals surface area (Å²) in [7, 11) is 3.44. The van der Waals surface area contributed by atoms with Crippen LogP contribution in [0.3, 0.4) is 0 Å². The Morgan fingerprint density at radius 2 is 2.00 bits per heavy atom. The second kappa shape index (κ2) is 7.82. The summed E-state index contributed by atoms with van der Waals surface area (Å²) in [4.78, 5) is 12.5. The van der Waals surface area contributed by atoms with Crippen LogP contribution in [0.2, 0.25) is 0 Å². The van der Waals surface area contributed by atoms with Gasteiger partial charge in [0.15, 0.2) is 0 Å². The Kier molecular flexibility index (Phi) is 7.33. The first-order valence-corrected chi connectivity index (χ1v) is 4.54. The molecule has 0 aliphatic rings. The van der Waals surface area contributed by atoms with E-state index in [4.69, 9.17) is 5.73 Å². The fraction of sp³-hybridized carbons (Fsp3) is 0.875. The van der Waals surface area contributed by atoms with Gasteiger partial charge in [-0.1, -0.05) is 0 Å². The van der Waals surface area contributed by atoms with Crippen LogP contribution in [0.5, 0.6) is 0 Å². The third-order valence-corrected chi connectivity index (χ3v) is 1.54. The summed E-state index contributed by atoms with van der Waals surface area (Å²) in [5, 5.41) is 5.92. The lowest BCUT2D eigenvalue weighted by Gasteiger charge is -2.11. The van der Waals surface area contributed by atoms with Crippen molar-refractivity contribution in [1.82, 2.24) is 15.5 Å². The van der Waals surface area contributed by atoms with Gasteiger partial charge in [-0.25, -0.2) is 4.79 Å². The molecule has 0 saturated carbocycles. The molecule has 5 heteroatoms. The zero-order valence-electron chi connectivity index (χ0n) is 8.47. The summed E-state index contributed by atoms with van der Waals surface area (Å²) < 4.78 is 0. The molecule has 5 nitrogen and oxygen atoms in total. The summed E-state index contributed by atoms with van der Waals surface area (Å²) in [5.74, 6) is 0. The van der Waals surface area contributed by atoms with E-state index in [9.17, 15) is 4.79 Å². The van der Waals surface area contributed by atoms with Crippen LogP contribution in [-0.2, 0) is 0 Å². The van der Waals surface area contributed by atoms with Crippen molar-refractivity contribution in [2.45, 2.75) is 6.42 Å². The number of carbonyl (C=O) groups excluding carboxylic acids is 1. The van der Waals surface area contributed by atoms with Crippen LogP contribution in [0.15, 0.2) is 0 Å². The summed E-state index contributed by atoms with van der Waals surface area (Å²) in [6, 6.07) is -0.0550. The van der Waals surface area contributed by atoms with Gasteiger partial charge in [0.2, 0.25) is 0 Å². The Bertz CT molecular complexity index is 138. The number of rotatable bonds is 6. The lowest BCUT2D eigenvalue weighted by Crippen LogP contribution is -2.38. The zero-order chi connectivity index (χ0) is 10.1. The van der Waals surface area contributed by atoms with Crippen LogP contribution in [0, 0.1) is 0 Å². The van der Waals surface area contributed by atoms with Crippen molar-refractivity contribution < 1.29 is 4.79 Å². The number of carbonyl (C=O) groups is 1. The van der Waals surface area contributed by atoms with Crippen molar-refractivity contribution in [3.8, 4) is 0 Å². The van der Waals surface area contributed by atoms with Crippen LogP contribution >= 0.6 is 0 Å². The maximum absolute atomic E-state index is 11.0. The number of nitrogens with one attached hydrogen (secondary N) is 2. The molecule has 0 atom stereocenters. The molecule has 0 saturated heterocycles. The monoisotopic (exact) mass is 188 g/mol. The molecule has 2 amide bonds. The van der Waals surface area contributed by atoms with Crippen molar-refractivity contribution in [2.75, 3.05) is 40.3 Å². The number of nitrogens with two attached hydrogens (primary N) is 1. The molecule has 0 spiro atoms. The molecule has 0 rings (SSSR count). The van der Waals surface area contributed by atoms with E-state index in [0.717, 1.165) is 19.5 Å². The summed E-state index contributed by atoms with van der Waals surface area (Å²) >= 11 is 0. The summed E-state index contributed by atoms with van der Waals surface area (Å²) in [5.41, 5.74) is 5.31. The van der Waals surface area contributed by atoms with Gasteiger partial charge in [-0.05, 0) is 19.5 Å². The van der Waals surface area contributed by atoms with E-state index in [2.05, 4.69) is 10.6 Å². The van der Waals surface area contributed by atoms with Crippen LogP contribution < -0.4 is 16.4 Å². The van der Waals surface area contributed by atoms with E-state index < -0.39 is 0 Å². The molecule has 0 aliphatic heterocycles. The summed E-state index contributed by atoms with van der Waals surface area (Å²) in [6.07, 6.45) is 0.974. The molecular formula is C8H20N4O. The van der Waals surface area contributed by atoms with Crippen LogP contribution in [0.4, 0.5) is 4.79 Å². The maximum atomic E-state index is 11.0. The van der Waals surface area contributed by atoms with E-state index in [1.165, 1.54) is 4.90 Å². The second-order valence-electron chi connectivity index (χ2n) is 3.02. The molecule has 0 heterocycles. The Labute approximate surface area is 79.7 Å². The van der Waals surface area contributed by atoms with E-state index in [0.29, 0.717) is 13.1 Å². The first kappa shape index (κ1) is 12.2. The molecule has 0 fully saturated rings. The number of hydrogen-bond donors (Lipinski definition) is 3. The fourth-order valence-corrected chi connectivity index (χ4v) is 0.768. The molecule has 0 aromatic carbocycles. The number of nitrogens with zero attached hydrogens (tertiary/aromatic N) is 1. The highest BCUT2D eigenvalue weighted by atomic mass is 16.2. The fourth-order valence-electron chi connectivity index (χ4n) is 0.768. The smallest absolute Gasteiger partial charge is 0.316 e. The van der Waals surface area contributed by atoms with Gasteiger partial charge in [0.1, 0.15) is 0 Å². The first-order valence-electron chi connectivity index (χ1n) is 4.54. The van der Waals surface area contributed by atoms with Crippen molar-refractivity contribution in [3.05, 3.63) is 0 Å². The van der Waals surface area contributed by atoms with Gasteiger partial charge in [-0.3, -0.25) is 0 Å². The Balaban J connectivity index is 3.12. The van der Waals surface area contributed by atoms with E-state index in [-0.39, 0.29) is 6.03 Å². The molecule has 0 bridgehead atoms. The van der Waals surface area contributed by atoms with E-state index in [1.54, 1.807) is 14.1 Å². The highest BCUT2D eigenvalue weighted by Crippen LogP contribution is 1.75. The predicted octanol–water partition coefficient (Wildman–Crippen LogP) is -0.804. The second-order valence-corrected chi connectivity index (χ2v) is 3.02. The minimum atomic E-state index is -0.0550. The molecule has 0 unspecified atom stereocenters. The number of amides is 2. The third-order valence-electron chi connectivity index (χ3n) is 1.54. The highest BCUT2D eigenvalue weighted by molar-refractivity contribution is 5.73. The Morgan fingerprint density at radius 1 is 1.31 bits per heavy atom. The van der Waals surface area contributed by atoms with Crippen molar-refractivity contribution >= 4 is 6.03 Å². The van der Waals surface area contributed by atoms with Crippen molar-refractivity contribution in [3.63, 3.8) is 0 Å². The third kappa shape index (κ3) is 7.55. The average Bonchev–Trinajstić information content (AvgIpc) is 2.10. The van der Waals surface area contributed by atoms with Crippen LogP contribution in [-0.4, -0.2) is 51.2 Å². The first-order chi connectivity index (χ1) is 6.18. The van der Waals surface area contributed by atoms with Gasteiger partial charge in [0.25, 0.3) is 0 Å². The van der Waals surface area contributed by atoms with Gasteiger partial charge in [-0.15, -0.1) is 0 Å². The normalized spacial score (nSPS) is 9.77. The van der Waals surface area contributed by atoms with Crippen LogP contribution in [0.1, 0.15) is 6.42 Å². The molecule has 0 aliphatic carbocycles.